The summed E-state index contributed by atoms with van der Waals surface area (Å²) in [5.41, 5.74) is 5.31. The van der Waals surface area contributed by atoms with Gasteiger partial charge in [0.25, 0.3) is 10.0 Å². The number of hydrogen-bond donors (Lipinski definition) is 1. The second kappa shape index (κ2) is 5.75. The molecule has 1 heterocycles. The highest BCUT2D eigenvalue weighted by atomic mass is 32.2. The van der Waals surface area contributed by atoms with Gasteiger partial charge in [-0.25, -0.2) is 17.2 Å². The maximum absolute atomic E-state index is 13.9. The minimum absolute atomic E-state index is 0.0269. The fourth-order valence-corrected chi connectivity index (χ4v) is 3.92. The van der Waals surface area contributed by atoms with Crippen LogP contribution in [0.25, 0.3) is 0 Å². The second-order valence-electron chi connectivity index (χ2n) is 5.05. The highest BCUT2D eigenvalue weighted by Gasteiger charge is 2.33. The third-order valence-electron chi connectivity index (χ3n) is 3.53. The van der Waals surface area contributed by atoms with Crippen molar-refractivity contribution < 1.29 is 26.7 Å². The van der Waals surface area contributed by atoms with Crippen LogP contribution < -0.4 is 14.8 Å². The number of nitrogens with two attached hydrogens (primary N) is 1. The number of primary amides is 1. The van der Waals surface area contributed by atoms with Gasteiger partial charge < -0.3 is 10.5 Å². The van der Waals surface area contributed by atoms with Crippen molar-refractivity contribution in [2.75, 3.05) is 17.5 Å². The van der Waals surface area contributed by atoms with Crippen molar-refractivity contribution in [3.8, 4) is 5.75 Å². The van der Waals surface area contributed by atoms with Crippen molar-refractivity contribution in [2.45, 2.75) is 4.90 Å². The van der Waals surface area contributed by atoms with E-state index in [0.717, 1.165) is 16.4 Å². The topological polar surface area (TPSA) is 89.7 Å². The first kappa shape index (κ1) is 16.2. The molecule has 0 atom stereocenters. The zero-order valence-electron chi connectivity index (χ0n) is 12.2. The number of carbonyl (C=O) groups is 1. The predicted molar refractivity (Wildman–Crippen MR) is 81.3 cm³/mol. The Balaban J connectivity index is 2.16. The van der Waals surface area contributed by atoms with Crippen LogP contribution in [0.15, 0.2) is 41.3 Å². The predicted octanol–water partition coefficient (Wildman–Crippen LogP) is 1.65. The van der Waals surface area contributed by atoms with E-state index in [9.17, 15) is 22.0 Å². The van der Waals surface area contributed by atoms with Gasteiger partial charge in [-0.15, -0.1) is 0 Å². The van der Waals surface area contributed by atoms with Gasteiger partial charge in [0.1, 0.15) is 28.9 Å². The van der Waals surface area contributed by atoms with Crippen LogP contribution in [0.3, 0.4) is 0 Å². The summed E-state index contributed by atoms with van der Waals surface area (Å²) in [4.78, 5) is 10.5. The molecule has 0 bridgehead atoms. The number of carbonyl (C=O) groups excluding carboxylic acids is 1. The van der Waals surface area contributed by atoms with E-state index in [2.05, 4.69) is 0 Å². The van der Waals surface area contributed by atoms with Crippen molar-refractivity contribution in [1.29, 1.82) is 0 Å². The van der Waals surface area contributed by atoms with E-state index in [-0.39, 0.29) is 30.2 Å². The van der Waals surface area contributed by atoms with Crippen LogP contribution in [0.1, 0.15) is 10.4 Å². The Labute approximate surface area is 136 Å². The number of amides is 1. The number of benzene rings is 2. The number of rotatable bonds is 3. The number of halogens is 2. The van der Waals surface area contributed by atoms with Crippen LogP contribution in [0, 0.1) is 11.6 Å². The molecule has 3 rings (SSSR count). The molecule has 0 saturated carbocycles. The van der Waals surface area contributed by atoms with Gasteiger partial charge >= 0.3 is 0 Å². The lowest BCUT2D eigenvalue weighted by Crippen LogP contribution is -2.38. The molecule has 0 radical (unpaired) electrons. The molecule has 0 spiro atoms. The summed E-state index contributed by atoms with van der Waals surface area (Å²) in [5, 5.41) is 0. The molecule has 2 aromatic carbocycles. The molecule has 0 aromatic heterocycles. The standard InChI is InChI=1S/C15H12F2N2O4S/c16-10-2-3-11(17)14(8-10)24(21,22)19-5-6-23-13-4-1-9(15(18)20)7-12(13)19/h1-4,7-8H,5-6H2,(H2,18,20). The molecule has 9 heteroatoms. The molecule has 24 heavy (non-hydrogen) atoms. The van der Waals surface area contributed by atoms with E-state index in [1.165, 1.54) is 18.2 Å². The molecule has 1 aliphatic heterocycles. The molecule has 0 fully saturated rings. The van der Waals surface area contributed by atoms with E-state index >= 15 is 0 Å². The van der Waals surface area contributed by atoms with Crippen molar-refractivity contribution in [3.05, 3.63) is 53.6 Å². The molecule has 0 saturated heterocycles. The monoisotopic (exact) mass is 354 g/mol. The van der Waals surface area contributed by atoms with Gasteiger partial charge in [0.2, 0.25) is 5.91 Å². The van der Waals surface area contributed by atoms with Gasteiger partial charge in [0.15, 0.2) is 0 Å². The third-order valence-corrected chi connectivity index (χ3v) is 5.35. The van der Waals surface area contributed by atoms with Crippen molar-refractivity contribution in [3.63, 3.8) is 0 Å². The summed E-state index contributed by atoms with van der Waals surface area (Å²) in [7, 11) is -4.38. The summed E-state index contributed by atoms with van der Waals surface area (Å²) in [5.74, 6) is -2.51. The number of hydrogen-bond acceptors (Lipinski definition) is 4. The lowest BCUT2D eigenvalue weighted by atomic mass is 10.1. The van der Waals surface area contributed by atoms with E-state index in [1.807, 2.05) is 0 Å². The summed E-state index contributed by atoms with van der Waals surface area (Å²) < 4.78 is 59.0. The van der Waals surface area contributed by atoms with E-state index in [1.54, 1.807) is 0 Å². The summed E-state index contributed by atoms with van der Waals surface area (Å²) >= 11 is 0. The third kappa shape index (κ3) is 2.67. The first-order chi connectivity index (χ1) is 11.3. The zero-order valence-corrected chi connectivity index (χ0v) is 13.0. The highest BCUT2D eigenvalue weighted by Crippen LogP contribution is 2.36. The molecular formula is C15H12F2N2O4S. The summed E-state index contributed by atoms with van der Waals surface area (Å²) in [6.45, 7) is -0.0907. The van der Waals surface area contributed by atoms with Crippen LogP contribution >= 0.6 is 0 Å². The van der Waals surface area contributed by atoms with E-state index < -0.39 is 32.5 Å². The molecule has 0 aliphatic carbocycles. The lowest BCUT2D eigenvalue weighted by molar-refractivity contribution is 0.1000. The van der Waals surface area contributed by atoms with Gasteiger partial charge in [-0.1, -0.05) is 0 Å². The Morgan fingerprint density at radius 2 is 1.92 bits per heavy atom. The van der Waals surface area contributed by atoms with E-state index in [4.69, 9.17) is 10.5 Å². The molecule has 0 unspecified atom stereocenters. The Bertz CT molecular complexity index is 931. The fraction of sp³-hybridized carbons (Fsp3) is 0.133. The Morgan fingerprint density at radius 1 is 1.17 bits per heavy atom. The van der Waals surface area contributed by atoms with Crippen LogP contribution in [0.5, 0.6) is 5.75 Å². The minimum Gasteiger partial charge on any atom is -0.489 e. The normalized spacial score (nSPS) is 14.0. The zero-order chi connectivity index (χ0) is 17.5. The number of ether oxygens (including phenoxy) is 1. The van der Waals surface area contributed by atoms with Crippen LogP contribution in [-0.2, 0) is 10.0 Å². The van der Waals surface area contributed by atoms with Crippen LogP contribution in [0.2, 0.25) is 0 Å². The van der Waals surface area contributed by atoms with Crippen LogP contribution in [0.4, 0.5) is 14.5 Å². The van der Waals surface area contributed by atoms with Crippen molar-refractivity contribution in [1.82, 2.24) is 0 Å². The SMILES string of the molecule is NC(=O)c1ccc2c(c1)N(S(=O)(=O)c1cc(F)ccc1F)CCO2. The number of anilines is 1. The van der Waals surface area contributed by atoms with Crippen molar-refractivity contribution >= 4 is 21.6 Å². The number of fused-ring (bicyclic) bond motifs is 1. The molecule has 2 aromatic rings. The van der Waals surface area contributed by atoms with Crippen molar-refractivity contribution in [2.24, 2.45) is 5.73 Å². The van der Waals surface area contributed by atoms with Gasteiger partial charge in [-0.3, -0.25) is 9.10 Å². The lowest BCUT2D eigenvalue weighted by Gasteiger charge is -2.30. The largest absolute Gasteiger partial charge is 0.489 e. The molecular weight excluding hydrogens is 342 g/mol. The Kier molecular flexibility index (Phi) is 3.88. The maximum Gasteiger partial charge on any atom is 0.267 e. The van der Waals surface area contributed by atoms with Gasteiger partial charge in [-0.2, -0.15) is 0 Å². The van der Waals surface area contributed by atoms with Gasteiger partial charge in [-0.05, 0) is 36.4 Å². The molecule has 2 N–H and O–H groups in total. The van der Waals surface area contributed by atoms with E-state index in [0.29, 0.717) is 6.07 Å². The Hall–Kier alpha value is -2.68. The minimum atomic E-state index is -4.38. The van der Waals surface area contributed by atoms with Gasteiger partial charge in [0, 0.05) is 5.56 Å². The highest BCUT2D eigenvalue weighted by molar-refractivity contribution is 7.92. The van der Waals surface area contributed by atoms with Crippen LogP contribution in [-0.4, -0.2) is 27.5 Å². The summed E-state index contributed by atoms with van der Waals surface area (Å²) in [6, 6.07) is 6.21. The molecule has 1 amide bonds. The average molecular weight is 354 g/mol. The fourth-order valence-electron chi connectivity index (χ4n) is 2.39. The smallest absolute Gasteiger partial charge is 0.267 e. The average Bonchev–Trinajstić information content (AvgIpc) is 2.55. The summed E-state index contributed by atoms with van der Waals surface area (Å²) in [6.07, 6.45) is 0. The number of nitrogens with zero attached hydrogens (tertiary/aromatic N) is 1. The second-order valence-corrected chi connectivity index (χ2v) is 6.88. The number of sulfonamides is 1. The first-order valence-corrected chi connectivity index (χ1v) is 8.29. The quantitative estimate of drug-likeness (QED) is 0.908. The Morgan fingerprint density at radius 3 is 2.62 bits per heavy atom. The molecule has 6 nitrogen and oxygen atoms in total. The molecule has 126 valence electrons. The maximum atomic E-state index is 13.9. The first-order valence-electron chi connectivity index (χ1n) is 6.85. The van der Waals surface area contributed by atoms with Gasteiger partial charge in [0.05, 0.1) is 12.2 Å². The molecule has 1 aliphatic rings.